The average Bonchev–Trinajstić information content (AvgIpc) is 3.15. The summed E-state index contributed by atoms with van der Waals surface area (Å²) in [7, 11) is 0. The van der Waals surface area contributed by atoms with Crippen molar-refractivity contribution in [2.75, 3.05) is 18.1 Å². The van der Waals surface area contributed by atoms with Crippen molar-refractivity contribution in [2.24, 2.45) is 0 Å². The molecule has 1 aliphatic heterocycles. The van der Waals surface area contributed by atoms with Gasteiger partial charge in [0.05, 0.1) is 31.0 Å². The number of hydrogen-bond donors (Lipinski definition) is 0. The zero-order valence-corrected chi connectivity index (χ0v) is 20.1. The number of carbonyl (C=O) groups excluding carboxylic acids is 1. The van der Waals surface area contributed by atoms with E-state index >= 15 is 0 Å². The number of carbonyl (C=O) groups is 1. The molecular weight excluding hydrogens is 402 g/mol. The zero-order valence-electron chi connectivity index (χ0n) is 19.4. The van der Waals surface area contributed by atoms with Crippen LogP contribution >= 0.6 is 11.6 Å². The lowest BCUT2D eigenvalue weighted by atomic mass is 9.98. The van der Waals surface area contributed by atoms with Gasteiger partial charge in [-0.3, -0.25) is 4.79 Å². The topological polar surface area (TPSA) is 48.0 Å². The van der Waals surface area contributed by atoms with Gasteiger partial charge in [-0.2, -0.15) is 0 Å². The Balaban J connectivity index is 2.54. The lowest BCUT2D eigenvalue weighted by Gasteiger charge is -2.35. The van der Waals surface area contributed by atoms with Crippen LogP contribution in [0.3, 0.4) is 0 Å². The molecule has 1 fully saturated rings. The quantitative estimate of drug-likeness (QED) is 0.403. The summed E-state index contributed by atoms with van der Waals surface area (Å²) in [5, 5.41) is -0.374. The van der Waals surface area contributed by atoms with Gasteiger partial charge in [-0.25, -0.2) is 0 Å². The Morgan fingerprint density at radius 1 is 1.07 bits per heavy atom. The predicted octanol–water partition coefficient (Wildman–Crippen LogP) is 5.49. The molecule has 0 saturated carbocycles. The third-order valence-corrected chi connectivity index (χ3v) is 6.16. The van der Waals surface area contributed by atoms with Crippen LogP contribution in [-0.4, -0.2) is 42.9 Å². The fourth-order valence-electron chi connectivity index (χ4n) is 4.41. The highest BCUT2D eigenvalue weighted by Crippen LogP contribution is 2.39. The summed E-state index contributed by atoms with van der Waals surface area (Å²) in [5.74, 6) is 0.778. The number of anilines is 1. The SMILES string of the molecule is CCOc1ccc(CC)c(CC)c1N(CC1OC(CC)C(CC)O1)C(CC)C(=O)Cl. The maximum atomic E-state index is 12.4. The molecule has 6 heteroatoms. The molecule has 1 saturated heterocycles. The van der Waals surface area contributed by atoms with Crippen molar-refractivity contribution in [3.63, 3.8) is 0 Å². The molecule has 2 rings (SSSR count). The normalized spacial score (nSPS) is 22.2. The number of aryl methyl sites for hydroxylation is 1. The van der Waals surface area contributed by atoms with Crippen LogP contribution in [0.15, 0.2) is 12.1 Å². The van der Waals surface area contributed by atoms with E-state index in [1.807, 2.05) is 19.9 Å². The van der Waals surface area contributed by atoms with Crippen molar-refractivity contribution < 1.29 is 19.0 Å². The Morgan fingerprint density at radius 3 is 2.13 bits per heavy atom. The summed E-state index contributed by atoms with van der Waals surface area (Å²) < 4.78 is 18.4. The third kappa shape index (κ3) is 5.49. The Labute approximate surface area is 187 Å². The third-order valence-electron chi connectivity index (χ3n) is 5.91. The van der Waals surface area contributed by atoms with Crippen LogP contribution in [-0.2, 0) is 27.1 Å². The van der Waals surface area contributed by atoms with Gasteiger partial charge in [0.15, 0.2) is 6.29 Å². The van der Waals surface area contributed by atoms with Gasteiger partial charge < -0.3 is 19.1 Å². The summed E-state index contributed by atoms with van der Waals surface area (Å²) in [6.45, 7) is 13.4. The molecule has 3 unspecified atom stereocenters. The molecular formula is C24H38ClNO4. The number of halogens is 1. The maximum absolute atomic E-state index is 12.4. The Morgan fingerprint density at radius 2 is 1.70 bits per heavy atom. The number of ether oxygens (including phenoxy) is 3. The first-order chi connectivity index (χ1) is 14.4. The molecule has 1 aromatic rings. The summed E-state index contributed by atoms with van der Waals surface area (Å²) in [6.07, 6.45) is 3.88. The lowest BCUT2D eigenvalue weighted by Crippen LogP contribution is -2.45. The number of nitrogens with zero attached hydrogens (tertiary/aromatic N) is 1. The van der Waals surface area contributed by atoms with Gasteiger partial charge in [0.2, 0.25) is 5.24 Å². The average molecular weight is 440 g/mol. The highest BCUT2D eigenvalue weighted by Gasteiger charge is 2.38. The first-order valence-corrected chi connectivity index (χ1v) is 11.9. The van der Waals surface area contributed by atoms with Crippen LogP contribution < -0.4 is 9.64 Å². The van der Waals surface area contributed by atoms with E-state index in [-0.39, 0.29) is 17.5 Å². The van der Waals surface area contributed by atoms with Gasteiger partial charge in [-0.05, 0) is 67.8 Å². The second kappa shape index (κ2) is 11.9. The molecule has 0 spiro atoms. The molecule has 0 bridgehead atoms. The van der Waals surface area contributed by atoms with Gasteiger partial charge in [0, 0.05) is 0 Å². The Hall–Kier alpha value is -1.30. The molecule has 3 atom stereocenters. The van der Waals surface area contributed by atoms with E-state index in [0.29, 0.717) is 19.6 Å². The minimum atomic E-state index is -0.476. The van der Waals surface area contributed by atoms with E-state index in [2.05, 4.69) is 38.7 Å². The predicted molar refractivity (Wildman–Crippen MR) is 123 cm³/mol. The molecule has 30 heavy (non-hydrogen) atoms. The smallest absolute Gasteiger partial charge is 0.244 e. The van der Waals surface area contributed by atoms with E-state index in [9.17, 15) is 4.79 Å². The fourth-order valence-corrected chi connectivity index (χ4v) is 4.68. The largest absolute Gasteiger partial charge is 0.492 e. The van der Waals surface area contributed by atoms with Crippen molar-refractivity contribution in [2.45, 2.75) is 98.2 Å². The van der Waals surface area contributed by atoms with E-state index < -0.39 is 12.3 Å². The molecule has 170 valence electrons. The molecule has 0 amide bonds. The zero-order chi connectivity index (χ0) is 22.3. The second-order valence-corrected chi connectivity index (χ2v) is 8.04. The van der Waals surface area contributed by atoms with Gasteiger partial charge in [-0.1, -0.05) is 40.7 Å². The van der Waals surface area contributed by atoms with E-state index in [1.54, 1.807) is 0 Å². The number of hydrogen-bond acceptors (Lipinski definition) is 5. The fraction of sp³-hybridized carbons (Fsp3) is 0.708. The second-order valence-electron chi connectivity index (χ2n) is 7.67. The standard InChI is InChI=1S/C24H38ClNO4/c1-7-16-13-14-21(28-12-6)23(17(16)8-2)26(18(9-3)24(25)27)15-22-29-19(10-4)20(11-5)30-22/h13-14,18-20,22H,7-12,15H2,1-6H3. The molecule has 1 aromatic carbocycles. The van der Waals surface area contributed by atoms with Gasteiger partial charge in [0.25, 0.3) is 0 Å². The van der Waals surface area contributed by atoms with E-state index in [4.69, 9.17) is 25.8 Å². The van der Waals surface area contributed by atoms with E-state index in [0.717, 1.165) is 37.1 Å². The lowest BCUT2D eigenvalue weighted by molar-refractivity contribution is -0.113. The molecule has 1 aliphatic rings. The van der Waals surface area contributed by atoms with E-state index in [1.165, 1.54) is 11.1 Å². The molecule has 0 radical (unpaired) electrons. The van der Waals surface area contributed by atoms with Crippen molar-refractivity contribution in [1.29, 1.82) is 0 Å². The maximum Gasteiger partial charge on any atom is 0.244 e. The summed E-state index contributed by atoms with van der Waals surface area (Å²) in [6, 6.07) is 3.66. The van der Waals surface area contributed by atoms with Crippen LogP contribution in [0.4, 0.5) is 5.69 Å². The summed E-state index contributed by atoms with van der Waals surface area (Å²) in [4.78, 5) is 14.5. The number of rotatable bonds is 12. The minimum Gasteiger partial charge on any atom is -0.492 e. The molecule has 0 aromatic heterocycles. The van der Waals surface area contributed by atoms with Crippen LogP contribution in [0, 0.1) is 0 Å². The van der Waals surface area contributed by atoms with Crippen molar-refractivity contribution in [3.8, 4) is 5.75 Å². The molecule has 1 heterocycles. The minimum absolute atomic E-state index is 0.0765. The monoisotopic (exact) mass is 439 g/mol. The van der Waals surface area contributed by atoms with Crippen LogP contribution in [0.25, 0.3) is 0 Å². The molecule has 5 nitrogen and oxygen atoms in total. The first-order valence-electron chi connectivity index (χ1n) is 11.5. The Kier molecular flexibility index (Phi) is 9.92. The summed E-state index contributed by atoms with van der Waals surface area (Å²) in [5.41, 5.74) is 3.39. The van der Waals surface area contributed by atoms with Crippen LogP contribution in [0.2, 0.25) is 0 Å². The van der Waals surface area contributed by atoms with Crippen molar-refractivity contribution >= 4 is 22.5 Å². The highest BCUT2D eigenvalue weighted by atomic mass is 35.5. The molecule has 0 aliphatic carbocycles. The van der Waals surface area contributed by atoms with Gasteiger partial charge in [-0.15, -0.1) is 0 Å². The highest BCUT2D eigenvalue weighted by molar-refractivity contribution is 6.65. The van der Waals surface area contributed by atoms with Crippen molar-refractivity contribution in [3.05, 3.63) is 23.3 Å². The number of benzene rings is 1. The Bertz CT molecular complexity index is 684. The van der Waals surface area contributed by atoms with Gasteiger partial charge in [0.1, 0.15) is 11.8 Å². The van der Waals surface area contributed by atoms with Crippen LogP contribution in [0.1, 0.15) is 71.9 Å². The van der Waals surface area contributed by atoms with Crippen LogP contribution in [0.5, 0.6) is 5.75 Å². The van der Waals surface area contributed by atoms with Crippen molar-refractivity contribution in [1.82, 2.24) is 0 Å². The van der Waals surface area contributed by atoms with Gasteiger partial charge >= 0.3 is 0 Å². The first kappa shape index (κ1) is 25.0. The summed E-state index contributed by atoms with van der Waals surface area (Å²) >= 11 is 6.08. The molecule has 0 N–H and O–H groups in total.